The highest BCUT2D eigenvalue weighted by Gasteiger charge is 2.48. The summed E-state index contributed by atoms with van der Waals surface area (Å²) >= 11 is 1.73. The van der Waals surface area contributed by atoms with Gasteiger partial charge in [0, 0.05) is 6.42 Å². The summed E-state index contributed by atoms with van der Waals surface area (Å²) < 4.78 is 10.7. The number of hydrogen-bond acceptors (Lipinski definition) is 6. The Morgan fingerprint density at radius 3 is 2.81 bits per heavy atom. The van der Waals surface area contributed by atoms with E-state index in [4.69, 9.17) is 8.37 Å². The lowest BCUT2D eigenvalue weighted by Gasteiger charge is -2.44. The minimum absolute atomic E-state index is 0.0690. The van der Waals surface area contributed by atoms with Crippen molar-refractivity contribution in [3.05, 3.63) is 0 Å². The Balaban J connectivity index is 1.83. The SMILES string of the molecule is CCCNCC#CCCC1SCCCS12OC(=O)C(=O)O2. The van der Waals surface area contributed by atoms with Gasteiger partial charge in [-0.05, 0) is 31.6 Å². The molecule has 1 unspecified atom stereocenters. The van der Waals surface area contributed by atoms with Crippen LogP contribution in [0.25, 0.3) is 0 Å². The Labute approximate surface area is 131 Å². The molecule has 0 aromatic rings. The maximum atomic E-state index is 11.3. The normalized spacial score (nSPS) is 24.9. The second-order valence-corrected chi connectivity index (χ2v) is 9.08. The molecule has 2 heterocycles. The molecule has 2 aliphatic rings. The molecule has 1 N–H and O–H groups in total. The minimum atomic E-state index is -2.02. The fraction of sp³-hybridized carbons (Fsp3) is 0.714. The van der Waals surface area contributed by atoms with Gasteiger partial charge >= 0.3 is 11.9 Å². The molecule has 21 heavy (non-hydrogen) atoms. The van der Waals surface area contributed by atoms with Gasteiger partial charge in [-0.15, -0.1) is 17.7 Å². The van der Waals surface area contributed by atoms with E-state index < -0.39 is 22.5 Å². The van der Waals surface area contributed by atoms with Crippen LogP contribution in [-0.4, -0.2) is 41.1 Å². The summed E-state index contributed by atoms with van der Waals surface area (Å²) in [7, 11) is -2.02. The molecule has 0 aromatic carbocycles. The zero-order chi connectivity index (χ0) is 15.1. The summed E-state index contributed by atoms with van der Waals surface area (Å²) in [5.74, 6) is 6.24. The van der Waals surface area contributed by atoms with Crippen LogP contribution in [0.15, 0.2) is 0 Å². The second-order valence-electron chi connectivity index (χ2n) is 4.83. The maximum absolute atomic E-state index is 11.3. The van der Waals surface area contributed by atoms with Gasteiger partial charge in [0.15, 0.2) is 0 Å². The first-order valence-corrected chi connectivity index (χ1v) is 9.99. The molecule has 0 bridgehead atoms. The Hall–Kier alpha value is -0.840. The van der Waals surface area contributed by atoms with Crippen LogP contribution in [0.4, 0.5) is 0 Å². The lowest BCUT2D eigenvalue weighted by atomic mass is 10.3. The first kappa shape index (κ1) is 16.5. The topological polar surface area (TPSA) is 64.6 Å². The Kier molecular flexibility index (Phi) is 6.27. The van der Waals surface area contributed by atoms with Crippen molar-refractivity contribution in [3.8, 4) is 11.8 Å². The van der Waals surface area contributed by atoms with Gasteiger partial charge < -0.3 is 13.7 Å². The third kappa shape index (κ3) is 4.31. The lowest BCUT2D eigenvalue weighted by molar-refractivity contribution is -0.150. The summed E-state index contributed by atoms with van der Waals surface area (Å²) in [6, 6.07) is 0. The molecule has 0 aliphatic carbocycles. The average Bonchev–Trinajstić information content (AvgIpc) is 2.75. The third-order valence-corrected chi connectivity index (χ3v) is 8.33. The summed E-state index contributed by atoms with van der Waals surface area (Å²) in [5, 5.41) is 3.22. The third-order valence-electron chi connectivity index (χ3n) is 3.15. The highest BCUT2D eigenvalue weighted by atomic mass is 32.3. The molecule has 2 aliphatic heterocycles. The highest BCUT2D eigenvalue weighted by Crippen LogP contribution is 2.65. The molecule has 2 fully saturated rings. The van der Waals surface area contributed by atoms with E-state index in [-0.39, 0.29) is 4.58 Å². The van der Waals surface area contributed by atoms with Gasteiger partial charge in [-0.2, -0.15) is 0 Å². The molecular weight excluding hydrogens is 310 g/mol. The Morgan fingerprint density at radius 1 is 1.33 bits per heavy atom. The highest BCUT2D eigenvalue weighted by molar-refractivity contribution is 8.35. The second kappa shape index (κ2) is 7.97. The van der Waals surface area contributed by atoms with E-state index in [0.717, 1.165) is 38.0 Å². The van der Waals surface area contributed by atoms with Crippen LogP contribution in [0.1, 0.15) is 32.6 Å². The number of carbonyl (C=O) groups excluding carboxylic acids is 2. The number of thioether (sulfide) groups is 1. The predicted octanol–water partition coefficient (Wildman–Crippen LogP) is 1.97. The lowest BCUT2D eigenvalue weighted by Crippen LogP contribution is -2.24. The van der Waals surface area contributed by atoms with E-state index >= 15 is 0 Å². The summed E-state index contributed by atoms with van der Waals surface area (Å²) in [5.41, 5.74) is 0. The van der Waals surface area contributed by atoms with E-state index in [1.54, 1.807) is 11.8 Å². The fourth-order valence-corrected chi connectivity index (χ4v) is 7.21. The van der Waals surface area contributed by atoms with E-state index in [1.807, 2.05) is 0 Å². The molecule has 1 atom stereocenters. The molecule has 7 heteroatoms. The monoisotopic (exact) mass is 331 g/mol. The summed E-state index contributed by atoms with van der Waals surface area (Å²) in [4.78, 5) is 22.7. The van der Waals surface area contributed by atoms with Gasteiger partial charge in [-0.25, -0.2) is 9.59 Å². The van der Waals surface area contributed by atoms with Gasteiger partial charge in [0.25, 0.3) is 0 Å². The van der Waals surface area contributed by atoms with Gasteiger partial charge in [-0.3, -0.25) is 0 Å². The van der Waals surface area contributed by atoms with Crippen LogP contribution >= 0.6 is 22.4 Å². The van der Waals surface area contributed by atoms with Crippen molar-refractivity contribution in [2.24, 2.45) is 0 Å². The zero-order valence-corrected chi connectivity index (χ0v) is 13.8. The standard InChI is InChI=1S/C14H21NO4S2/c1-2-8-15-9-5-3-4-7-12-20-10-6-11-21(12)18-13(16)14(17)19-21/h12,15H,2,4,6-11H2,1H3. The van der Waals surface area contributed by atoms with Crippen molar-refractivity contribution >= 4 is 34.3 Å². The van der Waals surface area contributed by atoms with E-state index in [2.05, 4.69) is 24.1 Å². The van der Waals surface area contributed by atoms with Gasteiger partial charge in [-0.1, -0.05) is 23.4 Å². The van der Waals surface area contributed by atoms with Crippen LogP contribution in [0.3, 0.4) is 0 Å². The van der Waals surface area contributed by atoms with E-state index in [9.17, 15) is 9.59 Å². The summed E-state index contributed by atoms with van der Waals surface area (Å²) in [6.45, 7) is 3.80. The van der Waals surface area contributed by atoms with Gasteiger partial charge in [0.2, 0.25) is 0 Å². The first-order valence-electron chi connectivity index (χ1n) is 7.23. The molecule has 0 radical (unpaired) electrons. The first-order chi connectivity index (χ1) is 10.2. The number of rotatable bonds is 5. The maximum Gasteiger partial charge on any atom is 0.441 e. The van der Waals surface area contributed by atoms with Crippen LogP contribution in [0.2, 0.25) is 0 Å². The number of hydrogen-bond donors (Lipinski definition) is 1. The van der Waals surface area contributed by atoms with Crippen LogP contribution in [-0.2, 0) is 18.0 Å². The van der Waals surface area contributed by atoms with E-state index in [0.29, 0.717) is 12.3 Å². The molecule has 0 saturated carbocycles. The van der Waals surface area contributed by atoms with Crippen LogP contribution in [0, 0.1) is 11.8 Å². The average molecular weight is 331 g/mol. The van der Waals surface area contributed by atoms with Crippen molar-refractivity contribution < 1.29 is 18.0 Å². The van der Waals surface area contributed by atoms with Crippen LogP contribution in [0.5, 0.6) is 0 Å². The van der Waals surface area contributed by atoms with Crippen molar-refractivity contribution in [2.45, 2.75) is 37.2 Å². The van der Waals surface area contributed by atoms with Crippen molar-refractivity contribution in [3.63, 3.8) is 0 Å². The molecule has 2 saturated heterocycles. The Morgan fingerprint density at radius 2 is 2.10 bits per heavy atom. The van der Waals surface area contributed by atoms with Gasteiger partial charge in [0.05, 0.1) is 12.3 Å². The molecular formula is C14H21NO4S2. The molecule has 0 amide bonds. The molecule has 118 valence electrons. The molecule has 1 spiro atoms. The zero-order valence-electron chi connectivity index (χ0n) is 12.2. The van der Waals surface area contributed by atoms with Crippen molar-refractivity contribution in [1.82, 2.24) is 5.32 Å². The molecule has 0 aromatic heterocycles. The number of nitrogens with one attached hydrogen (secondary N) is 1. The predicted molar refractivity (Wildman–Crippen MR) is 85.7 cm³/mol. The van der Waals surface area contributed by atoms with Gasteiger partial charge in [0.1, 0.15) is 4.58 Å². The smallest absolute Gasteiger partial charge is 0.333 e. The quantitative estimate of drug-likeness (QED) is 0.472. The Bertz CT molecular complexity index is 442. The van der Waals surface area contributed by atoms with E-state index in [1.165, 1.54) is 0 Å². The largest absolute Gasteiger partial charge is 0.441 e. The minimum Gasteiger partial charge on any atom is -0.333 e. The van der Waals surface area contributed by atoms with Crippen molar-refractivity contribution in [1.29, 1.82) is 0 Å². The molecule has 5 nitrogen and oxygen atoms in total. The number of carbonyl (C=O) groups is 2. The molecule has 2 rings (SSSR count). The fourth-order valence-electron chi connectivity index (χ4n) is 2.17. The summed E-state index contributed by atoms with van der Waals surface area (Å²) in [6.07, 6.45) is 3.54. The van der Waals surface area contributed by atoms with Crippen LogP contribution < -0.4 is 5.32 Å². The van der Waals surface area contributed by atoms with Crippen molar-refractivity contribution in [2.75, 3.05) is 24.6 Å².